The number of hydrogen-bond donors (Lipinski definition) is 1. The zero-order valence-electron chi connectivity index (χ0n) is 11.3. The van der Waals surface area contributed by atoms with Crippen LogP contribution in [0.15, 0.2) is 30.7 Å². The molecule has 5 nitrogen and oxygen atoms in total. The predicted molar refractivity (Wildman–Crippen MR) is 73.5 cm³/mol. The molecular formula is C14H18N4O. The van der Waals surface area contributed by atoms with Crippen LogP contribution in [0, 0.1) is 12.3 Å². The van der Waals surface area contributed by atoms with Gasteiger partial charge in [0.25, 0.3) is 0 Å². The lowest BCUT2D eigenvalue weighted by molar-refractivity contribution is -0.0924. The fourth-order valence-corrected chi connectivity index (χ4v) is 2.19. The van der Waals surface area contributed by atoms with Gasteiger partial charge in [0.05, 0.1) is 18.9 Å². The van der Waals surface area contributed by atoms with E-state index >= 15 is 0 Å². The summed E-state index contributed by atoms with van der Waals surface area (Å²) in [5.41, 5.74) is 1.26. The van der Waals surface area contributed by atoms with Crippen LogP contribution in [0.5, 0.6) is 0 Å². The molecule has 2 aromatic rings. The van der Waals surface area contributed by atoms with Crippen LogP contribution in [0.3, 0.4) is 0 Å². The molecule has 1 saturated heterocycles. The van der Waals surface area contributed by atoms with Gasteiger partial charge in [-0.2, -0.15) is 0 Å². The maximum atomic E-state index is 5.28. The van der Waals surface area contributed by atoms with Crippen LogP contribution in [0.4, 0.5) is 5.69 Å². The lowest BCUT2D eigenvalue weighted by atomic mass is 9.89. The molecule has 5 heteroatoms. The second-order valence-electron chi connectivity index (χ2n) is 5.38. The maximum absolute atomic E-state index is 5.28. The van der Waals surface area contributed by atoms with Gasteiger partial charge < -0.3 is 10.1 Å². The van der Waals surface area contributed by atoms with Gasteiger partial charge in [0.1, 0.15) is 5.82 Å². The number of hydrogen-bond acceptors (Lipinski definition) is 4. The summed E-state index contributed by atoms with van der Waals surface area (Å²) < 4.78 is 7.27. The first-order valence-electron chi connectivity index (χ1n) is 6.45. The van der Waals surface area contributed by atoms with Crippen LogP contribution in [0.2, 0.25) is 0 Å². The summed E-state index contributed by atoms with van der Waals surface area (Å²) in [6, 6.07) is 3.99. The summed E-state index contributed by atoms with van der Waals surface area (Å²) in [5, 5.41) is 3.48. The number of nitrogens with zero attached hydrogens (tertiary/aromatic N) is 3. The summed E-state index contributed by atoms with van der Waals surface area (Å²) in [6.07, 6.45) is 5.51. The fourth-order valence-electron chi connectivity index (χ4n) is 2.19. The molecule has 1 N–H and O–H groups in total. The van der Waals surface area contributed by atoms with Crippen molar-refractivity contribution in [2.75, 3.05) is 25.1 Å². The number of pyridine rings is 1. The highest BCUT2D eigenvalue weighted by molar-refractivity contribution is 5.57. The SMILES string of the molecule is Cc1nccn1-c1ncccc1NCC1(C)COC1. The van der Waals surface area contributed by atoms with Crippen molar-refractivity contribution in [1.29, 1.82) is 0 Å². The number of aromatic nitrogens is 3. The quantitative estimate of drug-likeness (QED) is 0.911. The Kier molecular flexibility index (Phi) is 2.98. The topological polar surface area (TPSA) is 52.0 Å². The Morgan fingerprint density at radius 1 is 1.37 bits per heavy atom. The summed E-state index contributed by atoms with van der Waals surface area (Å²) in [4.78, 5) is 8.70. The van der Waals surface area contributed by atoms with Crippen molar-refractivity contribution in [1.82, 2.24) is 14.5 Å². The van der Waals surface area contributed by atoms with Crippen molar-refractivity contribution >= 4 is 5.69 Å². The van der Waals surface area contributed by atoms with Gasteiger partial charge in [-0.05, 0) is 19.1 Å². The molecule has 19 heavy (non-hydrogen) atoms. The molecule has 3 heterocycles. The normalized spacial score (nSPS) is 16.9. The number of rotatable bonds is 4. The second kappa shape index (κ2) is 4.66. The van der Waals surface area contributed by atoms with E-state index in [2.05, 4.69) is 22.2 Å². The molecule has 2 aromatic heterocycles. The van der Waals surface area contributed by atoms with E-state index < -0.39 is 0 Å². The second-order valence-corrected chi connectivity index (χ2v) is 5.38. The number of ether oxygens (including phenoxy) is 1. The van der Waals surface area contributed by atoms with E-state index in [9.17, 15) is 0 Å². The molecular weight excluding hydrogens is 240 g/mol. The van der Waals surface area contributed by atoms with Crippen molar-refractivity contribution < 1.29 is 4.74 Å². The first kappa shape index (κ1) is 12.2. The first-order valence-corrected chi connectivity index (χ1v) is 6.45. The van der Waals surface area contributed by atoms with Gasteiger partial charge in [0.2, 0.25) is 0 Å². The Hall–Kier alpha value is -1.88. The fraction of sp³-hybridized carbons (Fsp3) is 0.429. The average molecular weight is 258 g/mol. The molecule has 0 atom stereocenters. The minimum absolute atomic E-state index is 0.233. The lowest BCUT2D eigenvalue weighted by Crippen LogP contribution is -2.45. The Morgan fingerprint density at radius 3 is 2.84 bits per heavy atom. The molecule has 0 saturated carbocycles. The first-order chi connectivity index (χ1) is 9.18. The zero-order valence-corrected chi connectivity index (χ0v) is 11.3. The molecule has 1 fully saturated rings. The molecule has 0 aliphatic carbocycles. The van der Waals surface area contributed by atoms with Crippen molar-refractivity contribution in [3.63, 3.8) is 0 Å². The van der Waals surface area contributed by atoms with Crippen LogP contribution in [0.25, 0.3) is 5.82 Å². The lowest BCUT2D eigenvalue weighted by Gasteiger charge is -2.38. The van der Waals surface area contributed by atoms with Gasteiger partial charge in [-0.1, -0.05) is 6.92 Å². The van der Waals surface area contributed by atoms with Crippen molar-refractivity contribution in [3.05, 3.63) is 36.5 Å². The molecule has 0 unspecified atom stereocenters. The minimum Gasteiger partial charge on any atom is -0.381 e. The van der Waals surface area contributed by atoms with Crippen molar-refractivity contribution in [2.45, 2.75) is 13.8 Å². The van der Waals surface area contributed by atoms with Crippen LogP contribution >= 0.6 is 0 Å². The van der Waals surface area contributed by atoms with E-state index in [1.807, 2.05) is 29.8 Å². The van der Waals surface area contributed by atoms with E-state index in [-0.39, 0.29) is 5.41 Å². The third-order valence-corrected chi connectivity index (χ3v) is 3.45. The summed E-state index contributed by atoms with van der Waals surface area (Å²) >= 11 is 0. The van der Waals surface area contributed by atoms with E-state index in [0.29, 0.717) is 0 Å². The molecule has 3 rings (SSSR count). The van der Waals surface area contributed by atoms with E-state index in [0.717, 1.165) is 37.1 Å². The van der Waals surface area contributed by atoms with Gasteiger partial charge in [-0.15, -0.1) is 0 Å². The highest BCUT2D eigenvalue weighted by Gasteiger charge is 2.33. The minimum atomic E-state index is 0.233. The van der Waals surface area contributed by atoms with Gasteiger partial charge in [-0.25, -0.2) is 9.97 Å². The predicted octanol–water partition coefficient (Wildman–Crippen LogP) is 2.02. The summed E-state index contributed by atoms with van der Waals surface area (Å²) in [6.45, 7) is 6.72. The summed E-state index contributed by atoms with van der Waals surface area (Å²) in [7, 11) is 0. The largest absolute Gasteiger partial charge is 0.381 e. The monoisotopic (exact) mass is 258 g/mol. The Balaban J connectivity index is 1.83. The van der Waals surface area contributed by atoms with Crippen molar-refractivity contribution in [2.24, 2.45) is 5.41 Å². The van der Waals surface area contributed by atoms with Gasteiger partial charge >= 0.3 is 0 Å². The number of aryl methyl sites for hydroxylation is 1. The Bertz CT molecular complexity index is 574. The van der Waals surface area contributed by atoms with Crippen LogP contribution in [-0.2, 0) is 4.74 Å². The smallest absolute Gasteiger partial charge is 0.161 e. The van der Waals surface area contributed by atoms with E-state index in [1.54, 1.807) is 12.4 Å². The zero-order chi connectivity index (χ0) is 13.3. The third-order valence-electron chi connectivity index (χ3n) is 3.45. The van der Waals surface area contributed by atoms with E-state index in [4.69, 9.17) is 4.74 Å². The standard InChI is InChI=1S/C14H18N4O/c1-11-15-6-7-18(11)13-12(4-3-5-16-13)17-8-14(2)9-19-10-14/h3-7,17H,8-10H2,1-2H3. The Labute approximate surface area is 112 Å². The Morgan fingerprint density at radius 2 is 2.21 bits per heavy atom. The third kappa shape index (κ3) is 2.33. The van der Waals surface area contributed by atoms with Gasteiger partial charge in [0.15, 0.2) is 5.82 Å². The molecule has 0 bridgehead atoms. The molecule has 1 aliphatic heterocycles. The average Bonchev–Trinajstić information content (AvgIpc) is 2.81. The highest BCUT2D eigenvalue weighted by Crippen LogP contribution is 2.28. The molecule has 100 valence electrons. The number of nitrogens with one attached hydrogen (secondary N) is 1. The molecule has 0 amide bonds. The van der Waals surface area contributed by atoms with Crippen LogP contribution in [0.1, 0.15) is 12.7 Å². The maximum Gasteiger partial charge on any atom is 0.161 e. The molecule has 0 radical (unpaired) electrons. The molecule has 0 aromatic carbocycles. The van der Waals surface area contributed by atoms with Crippen LogP contribution < -0.4 is 5.32 Å². The number of imidazole rings is 1. The van der Waals surface area contributed by atoms with Crippen molar-refractivity contribution in [3.8, 4) is 5.82 Å². The van der Waals surface area contributed by atoms with E-state index in [1.165, 1.54) is 0 Å². The molecule has 1 aliphatic rings. The van der Waals surface area contributed by atoms with Gasteiger partial charge in [0, 0.05) is 30.6 Å². The highest BCUT2D eigenvalue weighted by atomic mass is 16.5. The molecule has 0 spiro atoms. The van der Waals surface area contributed by atoms with Crippen LogP contribution in [-0.4, -0.2) is 34.3 Å². The number of anilines is 1. The van der Waals surface area contributed by atoms with Gasteiger partial charge in [-0.3, -0.25) is 4.57 Å². The summed E-state index contributed by atoms with van der Waals surface area (Å²) in [5.74, 6) is 1.82.